The zero-order chi connectivity index (χ0) is 21.1. The molecule has 4 rings (SSSR count). The summed E-state index contributed by atoms with van der Waals surface area (Å²) < 4.78 is 8.21. The summed E-state index contributed by atoms with van der Waals surface area (Å²) >= 11 is 4.74. The van der Waals surface area contributed by atoms with Gasteiger partial charge in [0.05, 0.1) is 35.0 Å². The summed E-state index contributed by atoms with van der Waals surface area (Å²) in [5.74, 6) is -0.00740. The standard InChI is InChI=1S/C22H22BrN3O3S/c1-14-8-9-19(17(23)11-14)24-20(27)13-30-22-25-18-7-3-2-6-16(18)21(28)26(22)12-15-5-4-10-29-15/h2-3,6-9,11,15H,4-5,10,12-13H2,1H3,(H,24,27). The fourth-order valence-electron chi connectivity index (χ4n) is 3.45. The number of ether oxygens (including phenoxy) is 1. The van der Waals surface area contributed by atoms with Crippen LogP contribution in [-0.2, 0) is 16.1 Å². The molecule has 1 amide bonds. The number of halogens is 1. The van der Waals surface area contributed by atoms with Crippen LogP contribution in [0.3, 0.4) is 0 Å². The van der Waals surface area contributed by atoms with Crippen LogP contribution in [0.15, 0.2) is 56.9 Å². The quantitative estimate of drug-likeness (QED) is 0.412. The highest BCUT2D eigenvalue weighted by Crippen LogP contribution is 2.25. The molecule has 0 bridgehead atoms. The van der Waals surface area contributed by atoms with Crippen molar-refractivity contribution in [2.45, 2.75) is 37.6 Å². The van der Waals surface area contributed by atoms with Gasteiger partial charge in [-0.15, -0.1) is 0 Å². The number of anilines is 1. The van der Waals surface area contributed by atoms with E-state index >= 15 is 0 Å². The number of nitrogens with zero attached hydrogens (tertiary/aromatic N) is 2. The molecule has 8 heteroatoms. The van der Waals surface area contributed by atoms with E-state index in [-0.39, 0.29) is 23.3 Å². The van der Waals surface area contributed by atoms with Gasteiger partial charge in [-0.25, -0.2) is 4.98 Å². The van der Waals surface area contributed by atoms with Gasteiger partial charge in [0.1, 0.15) is 0 Å². The molecular weight excluding hydrogens is 466 g/mol. The monoisotopic (exact) mass is 487 g/mol. The minimum atomic E-state index is -0.157. The number of aromatic nitrogens is 2. The van der Waals surface area contributed by atoms with Crippen molar-refractivity contribution in [3.05, 3.63) is 62.9 Å². The first-order valence-electron chi connectivity index (χ1n) is 9.81. The van der Waals surface area contributed by atoms with Crippen LogP contribution in [0.5, 0.6) is 0 Å². The van der Waals surface area contributed by atoms with E-state index in [9.17, 15) is 9.59 Å². The lowest BCUT2D eigenvalue weighted by atomic mass is 10.2. The summed E-state index contributed by atoms with van der Waals surface area (Å²) in [6.45, 7) is 3.16. The van der Waals surface area contributed by atoms with Crippen molar-refractivity contribution in [1.82, 2.24) is 9.55 Å². The van der Waals surface area contributed by atoms with Gasteiger partial charge in [-0.05, 0) is 65.5 Å². The largest absolute Gasteiger partial charge is 0.376 e. The second-order valence-corrected chi connectivity index (χ2v) is 9.08. The molecule has 1 unspecified atom stereocenters. The highest BCUT2D eigenvalue weighted by Gasteiger charge is 2.20. The Hall–Kier alpha value is -2.16. The molecular formula is C22H22BrN3O3S. The van der Waals surface area contributed by atoms with Crippen LogP contribution in [0.1, 0.15) is 18.4 Å². The lowest BCUT2D eigenvalue weighted by molar-refractivity contribution is -0.113. The zero-order valence-corrected chi connectivity index (χ0v) is 19.0. The summed E-state index contributed by atoms with van der Waals surface area (Å²) in [5, 5.41) is 4.02. The van der Waals surface area contributed by atoms with E-state index in [0.29, 0.717) is 22.6 Å². The van der Waals surface area contributed by atoms with Crippen molar-refractivity contribution in [3.63, 3.8) is 0 Å². The third-order valence-electron chi connectivity index (χ3n) is 4.97. The van der Waals surface area contributed by atoms with Crippen molar-refractivity contribution in [3.8, 4) is 0 Å². The number of benzene rings is 2. The number of para-hydroxylation sites is 1. The number of nitrogens with one attached hydrogen (secondary N) is 1. The number of carbonyl (C=O) groups excluding carboxylic acids is 1. The molecule has 1 aliphatic rings. The van der Waals surface area contributed by atoms with Crippen LogP contribution in [0.2, 0.25) is 0 Å². The molecule has 0 spiro atoms. The van der Waals surface area contributed by atoms with E-state index in [2.05, 4.69) is 26.2 Å². The fraction of sp³-hybridized carbons (Fsp3) is 0.318. The minimum absolute atomic E-state index is 0.00218. The maximum atomic E-state index is 13.1. The van der Waals surface area contributed by atoms with Gasteiger partial charge in [0, 0.05) is 11.1 Å². The molecule has 1 N–H and O–H groups in total. The van der Waals surface area contributed by atoms with E-state index in [1.807, 2.05) is 43.3 Å². The van der Waals surface area contributed by atoms with E-state index in [4.69, 9.17) is 4.74 Å². The van der Waals surface area contributed by atoms with Crippen LogP contribution in [-0.4, -0.2) is 33.9 Å². The van der Waals surface area contributed by atoms with Crippen molar-refractivity contribution >= 4 is 50.2 Å². The van der Waals surface area contributed by atoms with Gasteiger partial charge < -0.3 is 10.1 Å². The molecule has 2 heterocycles. The summed E-state index contributed by atoms with van der Waals surface area (Å²) in [5.41, 5.74) is 2.36. The molecule has 0 aliphatic carbocycles. The van der Waals surface area contributed by atoms with Crippen LogP contribution >= 0.6 is 27.7 Å². The second kappa shape index (κ2) is 9.32. The smallest absolute Gasteiger partial charge is 0.262 e. The predicted octanol–water partition coefficient (Wildman–Crippen LogP) is 4.38. The molecule has 156 valence electrons. The molecule has 1 saturated heterocycles. The highest BCUT2D eigenvalue weighted by molar-refractivity contribution is 9.10. The summed E-state index contributed by atoms with van der Waals surface area (Å²) in [7, 11) is 0. The van der Waals surface area contributed by atoms with Crippen molar-refractivity contribution in [2.24, 2.45) is 0 Å². The maximum absolute atomic E-state index is 13.1. The number of hydrogen-bond donors (Lipinski definition) is 1. The summed E-state index contributed by atoms with van der Waals surface area (Å²) in [4.78, 5) is 30.3. The van der Waals surface area contributed by atoms with Gasteiger partial charge in [-0.1, -0.05) is 30.0 Å². The number of carbonyl (C=O) groups is 1. The molecule has 0 radical (unpaired) electrons. The van der Waals surface area contributed by atoms with Crippen LogP contribution in [0.4, 0.5) is 5.69 Å². The third-order valence-corrected chi connectivity index (χ3v) is 6.60. The Kier molecular flexibility index (Phi) is 6.55. The van der Waals surface area contributed by atoms with Gasteiger partial charge in [-0.2, -0.15) is 0 Å². The molecule has 2 aromatic carbocycles. The normalized spacial score (nSPS) is 16.1. The highest BCUT2D eigenvalue weighted by atomic mass is 79.9. The number of aryl methyl sites for hydroxylation is 1. The molecule has 1 fully saturated rings. The van der Waals surface area contributed by atoms with E-state index in [1.54, 1.807) is 10.6 Å². The Labute approximate surface area is 187 Å². The Morgan fingerprint density at radius 3 is 2.93 bits per heavy atom. The van der Waals surface area contributed by atoms with Gasteiger partial charge in [0.25, 0.3) is 5.56 Å². The predicted molar refractivity (Wildman–Crippen MR) is 123 cm³/mol. The van der Waals surface area contributed by atoms with E-state index in [1.165, 1.54) is 11.8 Å². The number of amides is 1. The lowest BCUT2D eigenvalue weighted by Crippen LogP contribution is -2.29. The lowest BCUT2D eigenvalue weighted by Gasteiger charge is -2.16. The van der Waals surface area contributed by atoms with Gasteiger partial charge in [0.15, 0.2) is 5.16 Å². The average molecular weight is 488 g/mol. The summed E-state index contributed by atoms with van der Waals surface area (Å²) in [6, 6.07) is 13.1. The average Bonchev–Trinajstić information content (AvgIpc) is 3.24. The SMILES string of the molecule is Cc1ccc(NC(=O)CSc2nc3ccccc3c(=O)n2CC2CCCO2)c(Br)c1. The topological polar surface area (TPSA) is 73.2 Å². The van der Waals surface area contributed by atoms with Crippen molar-refractivity contribution in [1.29, 1.82) is 0 Å². The van der Waals surface area contributed by atoms with Crippen LogP contribution in [0.25, 0.3) is 10.9 Å². The fourth-order valence-corrected chi connectivity index (χ4v) is 4.85. The first-order valence-corrected chi connectivity index (χ1v) is 11.6. The van der Waals surface area contributed by atoms with Gasteiger partial charge in [-0.3, -0.25) is 14.2 Å². The second-order valence-electron chi connectivity index (χ2n) is 7.28. The molecule has 1 atom stereocenters. The number of rotatable bonds is 6. The van der Waals surface area contributed by atoms with Gasteiger partial charge in [0.2, 0.25) is 5.91 Å². The summed E-state index contributed by atoms with van der Waals surface area (Å²) in [6.07, 6.45) is 1.92. The van der Waals surface area contributed by atoms with Gasteiger partial charge >= 0.3 is 0 Å². The van der Waals surface area contributed by atoms with E-state index < -0.39 is 0 Å². The van der Waals surface area contributed by atoms with Crippen LogP contribution in [0, 0.1) is 6.92 Å². The Morgan fingerprint density at radius 1 is 1.33 bits per heavy atom. The third kappa shape index (κ3) is 4.77. The maximum Gasteiger partial charge on any atom is 0.262 e. The van der Waals surface area contributed by atoms with Crippen molar-refractivity contribution in [2.75, 3.05) is 17.7 Å². The molecule has 1 aliphatic heterocycles. The van der Waals surface area contributed by atoms with E-state index in [0.717, 1.165) is 35.2 Å². The minimum Gasteiger partial charge on any atom is -0.376 e. The van der Waals surface area contributed by atoms with Crippen molar-refractivity contribution < 1.29 is 9.53 Å². The van der Waals surface area contributed by atoms with Crippen LogP contribution < -0.4 is 10.9 Å². The molecule has 30 heavy (non-hydrogen) atoms. The zero-order valence-electron chi connectivity index (χ0n) is 16.6. The number of thioether (sulfide) groups is 1. The molecule has 3 aromatic rings. The Morgan fingerprint density at radius 2 is 2.17 bits per heavy atom. The molecule has 1 aromatic heterocycles. The first-order chi connectivity index (χ1) is 14.5. The Balaban J connectivity index is 1.56. The number of hydrogen-bond acceptors (Lipinski definition) is 5. The molecule has 0 saturated carbocycles. The molecule has 6 nitrogen and oxygen atoms in total. The first kappa shape index (κ1) is 21.1. The Bertz CT molecular complexity index is 1140. The number of fused-ring (bicyclic) bond motifs is 1.